The third kappa shape index (κ3) is 5.10. The Balaban J connectivity index is 1.86. The topological polar surface area (TPSA) is 21.3 Å². The van der Waals surface area contributed by atoms with Crippen LogP contribution in [-0.2, 0) is 6.54 Å². The molecule has 0 aliphatic rings. The van der Waals surface area contributed by atoms with E-state index in [1.165, 1.54) is 11.1 Å². The first-order chi connectivity index (χ1) is 10.5. The number of ether oxygens (including phenoxy) is 1. The van der Waals surface area contributed by atoms with Crippen molar-refractivity contribution in [2.24, 2.45) is 5.92 Å². The minimum Gasteiger partial charge on any atom is -0.493 e. The van der Waals surface area contributed by atoms with Crippen LogP contribution in [0.2, 0.25) is 0 Å². The summed E-state index contributed by atoms with van der Waals surface area (Å²) in [5.74, 6) is 2.07. The third-order valence-corrected chi connectivity index (χ3v) is 3.58. The van der Waals surface area contributed by atoms with Crippen molar-refractivity contribution in [2.45, 2.75) is 40.2 Å². The molecule has 2 aromatic rings. The average molecular weight is 297 g/mol. The lowest BCUT2D eigenvalue weighted by Gasteiger charge is -2.11. The van der Waals surface area contributed by atoms with E-state index < -0.39 is 0 Å². The second-order valence-electron chi connectivity index (χ2n) is 6.48. The number of anilines is 1. The van der Waals surface area contributed by atoms with Gasteiger partial charge in [0, 0.05) is 12.2 Å². The van der Waals surface area contributed by atoms with Gasteiger partial charge in [-0.2, -0.15) is 0 Å². The average Bonchev–Trinajstić information content (AvgIpc) is 2.52. The quantitative estimate of drug-likeness (QED) is 0.733. The molecule has 0 aromatic heterocycles. The lowest BCUT2D eigenvalue weighted by molar-refractivity contribution is 0.271. The van der Waals surface area contributed by atoms with Crippen LogP contribution in [0.5, 0.6) is 5.75 Å². The predicted octanol–water partition coefficient (Wildman–Crippen LogP) is 5.46. The standard InChI is InChI=1S/C20H27NO/c1-15(2)14-22-20-11-5-17(6-12-20)13-21-19-9-7-18(8-10-19)16(3)4/h5-12,15-16,21H,13-14H2,1-4H3. The summed E-state index contributed by atoms with van der Waals surface area (Å²) in [5.41, 5.74) is 3.78. The molecule has 0 amide bonds. The maximum atomic E-state index is 5.70. The molecular formula is C20H27NO. The van der Waals surface area contributed by atoms with E-state index in [0.717, 1.165) is 24.6 Å². The zero-order valence-corrected chi connectivity index (χ0v) is 14.1. The molecule has 118 valence electrons. The lowest BCUT2D eigenvalue weighted by atomic mass is 10.0. The first-order valence-electron chi connectivity index (χ1n) is 8.10. The van der Waals surface area contributed by atoms with Crippen molar-refractivity contribution in [1.82, 2.24) is 0 Å². The summed E-state index contributed by atoms with van der Waals surface area (Å²) in [5, 5.41) is 3.46. The fraction of sp³-hybridized carbons (Fsp3) is 0.400. The van der Waals surface area contributed by atoms with Crippen molar-refractivity contribution in [3.63, 3.8) is 0 Å². The highest BCUT2D eigenvalue weighted by molar-refractivity contribution is 5.45. The number of hydrogen-bond donors (Lipinski definition) is 1. The third-order valence-electron chi connectivity index (χ3n) is 3.58. The van der Waals surface area contributed by atoms with Gasteiger partial charge in [0.2, 0.25) is 0 Å². The van der Waals surface area contributed by atoms with Crippen LogP contribution in [0.25, 0.3) is 0 Å². The number of nitrogens with one attached hydrogen (secondary N) is 1. The molecule has 0 unspecified atom stereocenters. The van der Waals surface area contributed by atoms with Gasteiger partial charge in [-0.3, -0.25) is 0 Å². The molecule has 0 bridgehead atoms. The highest BCUT2D eigenvalue weighted by Crippen LogP contribution is 2.18. The molecule has 2 rings (SSSR count). The van der Waals surface area contributed by atoms with Crippen molar-refractivity contribution in [2.75, 3.05) is 11.9 Å². The minimum absolute atomic E-state index is 0.551. The molecule has 2 nitrogen and oxygen atoms in total. The van der Waals surface area contributed by atoms with E-state index in [4.69, 9.17) is 4.74 Å². The largest absolute Gasteiger partial charge is 0.493 e. The van der Waals surface area contributed by atoms with Gasteiger partial charge in [-0.1, -0.05) is 52.0 Å². The molecule has 22 heavy (non-hydrogen) atoms. The smallest absolute Gasteiger partial charge is 0.119 e. The van der Waals surface area contributed by atoms with Gasteiger partial charge in [0.05, 0.1) is 6.61 Å². The summed E-state index contributed by atoms with van der Waals surface area (Å²) in [6.45, 7) is 10.3. The highest BCUT2D eigenvalue weighted by Gasteiger charge is 2.00. The normalized spacial score (nSPS) is 11.0. The zero-order chi connectivity index (χ0) is 15.9. The molecule has 0 aliphatic heterocycles. The van der Waals surface area contributed by atoms with Gasteiger partial charge in [0.25, 0.3) is 0 Å². The fourth-order valence-electron chi connectivity index (χ4n) is 2.16. The number of rotatable bonds is 7. The molecule has 0 radical (unpaired) electrons. The van der Waals surface area contributed by atoms with Gasteiger partial charge < -0.3 is 10.1 Å². The highest BCUT2D eigenvalue weighted by atomic mass is 16.5. The molecule has 0 atom stereocenters. The summed E-state index contributed by atoms with van der Waals surface area (Å²) >= 11 is 0. The Kier molecular flexibility index (Phi) is 5.88. The van der Waals surface area contributed by atoms with Crippen molar-refractivity contribution in [1.29, 1.82) is 0 Å². The molecular weight excluding hydrogens is 270 g/mol. The molecule has 0 aliphatic carbocycles. The van der Waals surface area contributed by atoms with Gasteiger partial charge >= 0.3 is 0 Å². The van der Waals surface area contributed by atoms with Crippen LogP contribution in [0.1, 0.15) is 44.7 Å². The Morgan fingerprint density at radius 1 is 0.864 bits per heavy atom. The van der Waals surface area contributed by atoms with Crippen LogP contribution in [0.3, 0.4) is 0 Å². The van der Waals surface area contributed by atoms with Crippen molar-refractivity contribution in [3.05, 3.63) is 59.7 Å². The van der Waals surface area contributed by atoms with Gasteiger partial charge in [-0.25, -0.2) is 0 Å². The van der Waals surface area contributed by atoms with E-state index in [1.54, 1.807) is 0 Å². The minimum atomic E-state index is 0.551. The first-order valence-corrected chi connectivity index (χ1v) is 8.10. The predicted molar refractivity (Wildman–Crippen MR) is 94.6 cm³/mol. The molecule has 0 fully saturated rings. The first kappa shape index (κ1) is 16.4. The van der Waals surface area contributed by atoms with Crippen molar-refractivity contribution < 1.29 is 4.74 Å². The molecule has 2 aromatic carbocycles. The van der Waals surface area contributed by atoms with E-state index in [-0.39, 0.29) is 0 Å². The summed E-state index contributed by atoms with van der Waals surface area (Å²) in [6, 6.07) is 17.0. The Morgan fingerprint density at radius 2 is 1.50 bits per heavy atom. The van der Waals surface area contributed by atoms with Gasteiger partial charge in [0.1, 0.15) is 5.75 Å². The van der Waals surface area contributed by atoms with E-state index in [1.807, 2.05) is 12.1 Å². The van der Waals surface area contributed by atoms with Crippen molar-refractivity contribution in [3.8, 4) is 5.75 Å². The van der Waals surface area contributed by atoms with Crippen LogP contribution in [-0.4, -0.2) is 6.61 Å². The fourth-order valence-corrected chi connectivity index (χ4v) is 2.16. The van der Waals surface area contributed by atoms with Crippen LogP contribution in [0.4, 0.5) is 5.69 Å². The molecule has 0 saturated heterocycles. The Morgan fingerprint density at radius 3 is 2.05 bits per heavy atom. The van der Waals surface area contributed by atoms with Crippen LogP contribution < -0.4 is 10.1 Å². The zero-order valence-electron chi connectivity index (χ0n) is 14.1. The second-order valence-corrected chi connectivity index (χ2v) is 6.48. The monoisotopic (exact) mass is 297 g/mol. The van der Waals surface area contributed by atoms with E-state index in [0.29, 0.717) is 11.8 Å². The molecule has 0 spiro atoms. The van der Waals surface area contributed by atoms with E-state index in [2.05, 4.69) is 69.4 Å². The van der Waals surface area contributed by atoms with E-state index >= 15 is 0 Å². The molecule has 0 saturated carbocycles. The van der Waals surface area contributed by atoms with Crippen molar-refractivity contribution >= 4 is 5.69 Å². The number of benzene rings is 2. The maximum Gasteiger partial charge on any atom is 0.119 e. The van der Waals surface area contributed by atoms with E-state index in [9.17, 15) is 0 Å². The number of hydrogen-bond acceptors (Lipinski definition) is 2. The summed E-state index contributed by atoms with van der Waals surface area (Å²) in [7, 11) is 0. The maximum absolute atomic E-state index is 5.70. The van der Waals surface area contributed by atoms with Gasteiger partial charge in [-0.05, 0) is 47.2 Å². The Hall–Kier alpha value is -1.96. The lowest BCUT2D eigenvalue weighted by Crippen LogP contribution is -2.04. The molecule has 0 heterocycles. The summed E-state index contributed by atoms with van der Waals surface area (Å²) < 4.78 is 5.70. The van der Waals surface area contributed by atoms with Crippen LogP contribution >= 0.6 is 0 Å². The summed E-state index contributed by atoms with van der Waals surface area (Å²) in [6.07, 6.45) is 0. The molecule has 2 heteroatoms. The molecule has 1 N–H and O–H groups in total. The van der Waals surface area contributed by atoms with Gasteiger partial charge in [0.15, 0.2) is 0 Å². The SMILES string of the molecule is CC(C)COc1ccc(CNc2ccc(C(C)C)cc2)cc1. The summed E-state index contributed by atoms with van der Waals surface area (Å²) in [4.78, 5) is 0. The van der Waals surface area contributed by atoms with Crippen LogP contribution in [0.15, 0.2) is 48.5 Å². The second kappa shape index (κ2) is 7.88. The Labute approximate surface area is 134 Å². The van der Waals surface area contributed by atoms with Gasteiger partial charge in [-0.15, -0.1) is 0 Å². The Bertz CT molecular complexity index is 555. The van der Waals surface area contributed by atoms with Crippen LogP contribution in [0, 0.1) is 5.92 Å².